The van der Waals surface area contributed by atoms with Crippen molar-refractivity contribution in [3.63, 3.8) is 0 Å². The molecule has 0 aliphatic carbocycles. The van der Waals surface area contributed by atoms with E-state index in [-0.39, 0.29) is 16.4 Å². The van der Waals surface area contributed by atoms with Gasteiger partial charge in [-0.05, 0) is 62.1 Å². The van der Waals surface area contributed by atoms with Gasteiger partial charge in [0.1, 0.15) is 5.75 Å². The summed E-state index contributed by atoms with van der Waals surface area (Å²) >= 11 is 0. The molecule has 0 aromatic heterocycles. The Hall–Kier alpha value is -2.78. The quantitative estimate of drug-likeness (QED) is 0.646. The first-order valence-electron chi connectivity index (χ1n) is 10.5. The van der Waals surface area contributed by atoms with Crippen molar-refractivity contribution < 1.29 is 27.4 Å². The van der Waals surface area contributed by atoms with Crippen molar-refractivity contribution >= 4 is 15.9 Å². The van der Waals surface area contributed by atoms with Gasteiger partial charge in [-0.15, -0.1) is 0 Å². The van der Waals surface area contributed by atoms with Crippen LogP contribution >= 0.6 is 0 Å². The molecule has 1 heterocycles. The minimum Gasteiger partial charge on any atom is -0.496 e. The van der Waals surface area contributed by atoms with E-state index >= 15 is 0 Å². The van der Waals surface area contributed by atoms with Crippen LogP contribution in [0.5, 0.6) is 17.2 Å². The third-order valence-corrected chi connectivity index (χ3v) is 7.13. The highest BCUT2D eigenvalue weighted by molar-refractivity contribution is 7.89. The van der Waals surface area contributed by atoms with Crippen LogP contribution in [0.15, 0.2) is 41.3 Å². The SMILES string of the molecule is COc1ccc([C@H](C)NS(=O)(=O)c2ccc(OC)c(C(=O)N3CCCCC3)c2)cc1OC. The minimum atomic E-state index is -3.90. The Kier molecular flexibility index (Phi) is 7.63. The van der Waals surface area contributed by atoms with Gasteiger partial charge >= 0.3 is 0 Å². The maximum absolute atomic E-state index is 13.1. The average molecular weight is 463 g/mol. The largest absolute Gasteiger partial charge is 0.496 e. The maximum Gasteiger partial charge on any atom is 0.257 e. The molecule has 1 saturated heterocycles. The van der Waals surface area contributed by atoms with E-state index in [1.54, 1.807) is 30.0 Å². The van der Waals surface area contributed by atoms with Gasteiger partial charge in [0.05, 0.1) is 31.8 Å². The van der Waals surface area contributed by atoms with Gasteiger partial charge in [-0.2, -0.15) is 0 Å². The van der Waals surface area contributed by atoms with Gasteiger partial charge < -0.3 is 19.1 Å². The molecule has 8 nitrogen and oxygen atoms in total. The molecule has 0 radical (unpaired) electrons. The third kappa shape index (κ3) is 5.16. The monoisotopic (exact) mass is 462 g/mol. The molecule has 0 bridgehead atoms. The molecule has 1 amide bonds. The van der Waals surface area contributed by atoms with E-state index in [9.17, 15) is 13.2 Å². The Morgan fingerprint density at radius 1 is 0.906 bits per heavy atom. The second kappa shape index (κ2) is 10.2. The first-order chi connectivity index (χ1) is 15.3. The molecule has 3 rings (SSSR count). The normalized spacial score (nSPS) is 15.2. The number of sulfonamides is 1. The number of nitrogens with zero attached hydrogens (tertiary/aromatic N) is 1. The molecule has 2 aromatic rings. The highest BCUT2D eigenvalue weighted by Gasteiger charge is 2.25. The molecule has 9 heteroatoms. The van der Waals surface area contributed by atoms with E-state index in [1.165, 1.54) is 39.5 Å². The summed E-state index contributed by atoms with van der Waals surface area (Å²) in [5.41, 5.74) is 0.959. The fourth-order valence-electron chi connectivity index (χ4n) is 3.78. The number of ether oxygens (including phenoxy) is 3. The van der Waals surface area contributed by atoms with Crippen molar-refractivity contribution in [1.29, 1.82) is 0 Å². The van der Waals surface area contributed by atoms with Gasteiger partial charge in [0, 0.05) is 19.1 Å². The lowest BCUT2D eigenvalue weighted by atomic mass is 10.1. The molecule has 1 N–H and O–H groups in total. The Morgan fingerprint density at radius 3 is 2.16 bits per heavy atom. The topological polar surface area (TPSA) is 94.2 Å². The second-order valence-corrected chi connectivity index (χ2v) is 9.39. The van der Waals surface area contributed by atoms with Crippen molar-refractivity contribution in [2.75, 3.05) is 34.4 Å². The number of hydrogen-bond acceptors (Lipinski definition) is 6. The number of benzene rings is 2. The van der Waals surface area contributed by atoms with Crippen LogP contribution in [0.1, 0.15) is 48.1 Å². The summed E-state index contributed by atoms with van der Waals surface area (Å²) in [4.78, 5) is 14.8. The van der Waals surface area contributed by atoms with E-state index in [4.69, 9.17) is 14.2 Å². The number of methoxy groups -OCH3 is 3. The number of amides is 1. The second-order valence-electron chi connectivity index (χ2n) is 7.67. The molecule has 1 aliphatic heterocycles. The number of hydrogen-bond donors (Lipinski definition) is 1. The molecule has 0 spiro atoms. The summed E-state index contributed by atoms with van der Waals surface area (Å²) in [5.74, 6) is 1.20. The predicted molar refractivity (Wildman–Crippen MR) is 121 cm³/mol. The number of carbonyl (C=O) groups excluding carboxylic acids is 1. The van der Waals surface area contributed by atoms with Gasteiger partial charge in [-0.3, -0.25) is 4.79 Å². The lowest BCUT2D eigenvalue weighted by Gasteiger charge is -2.27. The number of likely N-dealkylation sites (tertiary alicyclic amines) is 1. The summed E-state index contributed by atoms with van der Waals surface area (Å²) in [5, 5.41) is 0. The smallest absolute Gasteiger partial charge is 0.257 e. The zero-order valence-electron chi connectivity index (χ0n) is 18.9. The van der Waals surface area contributed by atoms with Crippen molar-refractivity contribution in [2.45, 2.75) is 37.1 Å². The summed E-state index contributed by atoms with van der Waals surface area (Å²) in [6.45, 7) is 3.06. The Balaban J connectivity index is 1.87. The van der Waals surface area contributed by atoms with Crippen molar-refractivity contribution in [2.24, 2.45) is 0 Å². The van der Waals surface area contributed by atoms with Crippen LogP contribution in [0.2, 0.25) is 0 Å². The molecule has 0 saturated carbocycles. The maximum atomic E-state index is 13.1. The van der Waals surface area contributed by atoms with Crippen molar-refractivity contribution in [1.82, 2.24) is 9.62 Å². The standard InChI is InChI=1S/C23H30N2O6S/c1-16(17-8-10-21(30-3)22(14-17)31-4)24-32(27,28)18-9-11-20(29-2)19(15-18)23(26)25-12-6-5-7-13-25/h8-11,14-16,24H,5-7,12-13H2,1-4H3/t16-/m0/s1. The van der Waals surface area contributed by atoms with E-state index in [1.807, 2.05) is 0 Å². The Bertz CT molecular complexity index is 1060. The molecule has 0 unspecified atom stereocenters. The lowest BCUT2D eigenvalue weighted by molar-refractivity contribution is 0.0720. The summed E-state index contributed by atoms with van der Waals surface area (Å²) in [6, 6.07) is 9.03. The minimum absolute atomic E-state index is 0.00554. The fourth-order valence-corrected chi connectivity index (χ4v) is 5.04. The number of piperidine rings is 1. The number of nitrogens with one attached hydrogen (secondary N) is 1. The summed E-state index contributed by atoms with van der Waals surface area (Å²) < 4.78 is 44.8. The number of rotatable bonds is 8. The van der Waals surface area contributed by atoms with E-state index in [2.05, 4.69) is 4.72 Å². The summed E-state index contributed by atoms with van der Waals surface area (Å²) in [7, 11) is 0.623. The zero-order chi connectivity index (χ0) is 23.3. The van der Waals surface area contributed by atoms with E-state index in [0.717, 1.165) is 19.3 Å². The van der Waals surface area contributed by atoms with Crippen LogP contribution < -0.4 is 18.9 Å². The van der Waals surface area contributed by atoms with Crippen LogP contribution in [-0.4, -0.2) is 53.6 Å². The lowest BCUT2D eigenvalue weighted by Crippen LogP contribution is -2.36. The molecule has 1 atom stereocenters. The van der Waals surface area contributed by atoms with Crippen LogP contribution in [-0.2, 0) is 10.0 Å². The predicted octanol–water partition coefficient (Wildman–Crippen LogP) is 3.38. The molecule has 32 heavy (non-hydrogen) atoms. The Labute approximate surface area is 189 Å². The molecule has 1 aliphatic rings. The highest BCUT2D eigenvalue weighted by Crippen LogP contribution is 2.31. The van der Waals surface area contributed by atoms with Gasteiger partial charge in [0.15, 0.2) is 11.5 Å². The molecular formula is C23H30N2O6S. The van der Waals surface area contributed by atoms with Crippen molar-refractivity contribution in [3.05, 3.63) is 47.5 Å². The molecule has 174 valence electrons. The highest BCUT2D eigenvalue weighted by atomic mass is 32.2. The molecule has 1 fully saturated rings. The van der Waals surface area contributed by atoms with Gasteiger partial charge in [-0.1, -0.05) is 6.07 Å². The molecular weight excluding hydrogens is 432 g/mol. The fraction of sp³-hybridized carbons (Fsp3) is 0.435. The van der Waals surface area contributed by atoms with Crippen LogP contribution in [0, 0.1) is 0 Å². The van der Waals surface area contributed by atoms with E-state index < -0.39 is 16.1 Å². The Morgan fingerprint density at radius 2 is 1.53 bits per heavy atom. The first-order valence-corrected chi connectivity index (χ1v) is 12.0. The third-order valence-electron chi connectivity index (χ3n) is 5.59. The van der Waals surface area contributed by atoms with Crippen LogP contribution in [0.3, 0.4) is 0 Å². The van der Waals surface area contributed by atoms with Gasteiger partial charge in [0.25, 0.3) is 5.91 Å². The first kappa shape index (κ1) is 23.9. The number of carbonyl (C=O) groups is 1. The van der Waals surface area contributed by atoms with E-state index in [0.29, 0.717) is 35.9 Å². The van der Waals surface area contributed by atoms with Gasteiger partial charge in [0.2, 0.25) is 10.0 Å². The van der Waals surface area contributed by atoms with Crippen LogP contribution in [0.4, 0.5) is 0 Å². The summed E-state index contributed by atoms with van der Waals surface area (Å²) in [6.07, 6.45) is 2.97. The van der Waals surface area contributed by atoms with Crippen molar-refractivity contribution in [3.8, 4) is 17.2 Å². The molecule has 2 aromatic carbocycles. The average Bonchev–Trinajstić information content (AvgIpc) is 2.82. The van der Waals surface area contributed by atoms with Crippen LogP contribution in [0.25, 0.3) is 0 Å². The van der Waals surface area contributed by atoms with Gasteiger partial charge in [-0.25, -0.2) is 13.1 Å². The zero-order valence-corrected chi connectivity index (χ0v) is 19.7.